The van der Waals surface area contributed by atoms with Gasteiger partial charge < -0.3 is 29.9 Å². The largest absolute Gasteiger partial charge is 0.371 e. The van der Waals surface area contributed by atoms with Crippen molar-refractivity contribution < 1.29 is 24.0 Å². The topological polar surface area (TPSA) is 191 Å². The maximum Gasteiger partial charge on any atom is 0.270 e. The summed E-state index contributed by atoms with van der Waals surface area (Å²) in [5, 5.41) is 8.95. The lowest BCUT2D eigenvalue weighted by atomic mass is 9.86. The molecule has 1 aromatic carbocycles. The molecule has 3 N–H and O–H groups in total. The van der Waals surface area contributed by atoms with E-state index in [9.17, 15) is 24.0 Å². The lowest BCUT2D eigenvalue weighted by Gasteiger charge is -2.40. The molecule has 4 aromatic rings. The van der Waals surface area contributed by atoms with Crippen molar-refractivity contribution in [3.05, 3.63) is 71.6 Å². The van der Waals surface area contributed by atoms with Crippen LogP contribution >= 0.6 is 0 Å². The minimum Gasteiger partial charge on any atom is -0.371 e. The number of piperidine rings is 4. The number of carbonyl (C=O) groups is 5. The van der Waals surface area contributed by atoms with E-state index in [1.807, 2.05) is 37.5 Å². The highest BCUT2D eigenvalue weighted by Gasteiger charge is 2.45. The molecule has 4 saturated heterocycles. The smallest absolute Gasteiger partial charge is 0.270 e. The summed E-state index contributed by atoms with van der Waals surface area (Å²) < 4.78 is 2.12. The number of hydrogen-bond donors (Lipinski definition) is 3. The van der Waals surface area contributed by atoms with Gasteiger partial charge in [0.15, 0.2) is 11.5 Å². The molecule has 8 heterocycles. The predicted octanol–water partition coefficient (Wildman–Crippen LogP) is 4.21. The zero-order valence-corrected chi connectivity index (χ0v) is 37.3. The molecular formula is C48H60N12O5. The van der Waals surface area contributed by atoms with Crippen LogP contribution in [0.3, 0.4) is 0 Å². The van der Waals surface area contributed by atoms with E-state index in [2.05, 4.69) is 50.2 Å². The molecule has 10 rings (SSSR count). The van der Waals surface area contributed by atoms with Crippen molar-refractivity contribution in [1.82, 2.24) is 49.8 Å². The summed E-state index contributed by atoms with van der Waals surface area (Å²) in [5.41, 5.74) is 4.50. The first-order valence-electron chi connectivity index (χ1n) is 23.8. The highest BCUT2D eigenvalue weighted by atomic mass is 16.2. The van der Waals surface area contributed by atoms with Crippen LogP contribution < -0.4 is 20.9 Å². The number of hydrogen-bond acceptors (Lipinski definition) is 13. The van der Waals surface area contributed by atoms with Gasteiger partial charge in [0.1, 0.15) is 23.6 Å². The van der Waals surface area contributed by atoms with E-state index in [-0.39, 0.29) is 36.7 Å². The Morgan fingerprint density at radius 2 is 1.48 bits per heavy atom. The number of nitrogens with one attached hydrogen (secondary N) is 3. The number of nitrogens with zero attached hydrogens (tertiary/aromatic N) is 9. The number of carbonyl (C=O) groups excluding carboxylic acids is 5. The summed E-state index contributed by atoms with van der Waals surface area (Å²) in [5.74, 6) is 0.862. The zero-order chi connectivity index (χ0) is 44.6. The van der Waals surface area contributed by atoms with Crippen LogP contribution in [0.2, 0.25) is 0 Å². The number of imidazole rings is 1. The van der Waals surface area contributed by atoms with Crippen molar-refractivity contribution in [2.45, 2.75) is 95.7 Å². The second kappa shape index (κ2) is 18.6. The fraction of sp³-hybridized carbons (Fsp3) is 0.562. The highest BCUT2D eigenvalue weighted by Crippen LogP contribution is 2.36. The van der Waals surface area contributed by atoms with Gasteiger partial charge in [-0.15, -0.1) is 0 Å². The van der Waals surface area contributed by atoms with E-state index in [0.29, 0.717) is 28.7 Å². The summed E-state index contributed by atoms with van der Waals surface area (Å²) in [7, 11) is 0. The van der Waals surface area contributed by atoms with Crippen LogP contribution in [0.1, 0.15) is 114 Å². The van der Waals surface area contributed by atoms with Crippen LogP contribution in [0.5, 0.6) is 0 Å². The summed E-state index contributed by atoms with van der Waals surface area (Å²) in [6.45, 7) is 11.6. The van der Waals surface area contributed by atoms with Crippen molar-refractivity contribution in [2.75, 3.05) is 69.1 Å². The van der Waals surface area contributed by atoms with Crippen LogP contribution in [-0.4, -0.2) is 140 Å². The average molecular weight is 885 g/mol. The van der Waals surface area contributed by atoms with Gasteiger partial charge >= 0.3 is 0 Å². The van der Waals surface area contributed by atoms with Crippen LogP contribution in [0.15, 0.2) is 49.1 Å². The van der Waals surface area contributed by atoms with E-state index in [1.165, 1.54) is 45.3 Å². The van der Waals surface area contributed by atoms with Gasteiger partial charge in [-0.05, 0) is 145 Å². The van der Waals surface area contributed by atoms with Crippen molar-refractivity contribution in [2.24, 2.45) is 17.8 Å². The monoisotopic (exact) mass is 884 g/mol. The average Bonchev–Trinajstić information content (AvgIpc) is 3.84. The van der Waals surface area contributed by atoms with Crippen LogP contribution in [0.25, 0.3) is 11.2 Å². The zero-order valence-electron chi connectivity index (χ0n) is 37.3. The standard InChI is InChI=1S/C48H60N12O5/c1-30-3-2-4-39(53-30)45(62)54-34-23-36(24-34)59-29-52-42-43(50-28-51-44(42)59)49-16-9-31-10-17-56(18-11-31)26-32-12-19-57(20-13-32)27-33-14-21-58(22-15-33)35-5-6-37-38(25-35)48(65)60(47(37)64)40-7-8-41(61)55-46(40)63/h2-6,25,28-29,31-34,36,40H,7-24,26-27H2,1H3,(H,54,62)(H,49,50,51)(H,55,61,63). The first-order valence-corrected chi connectivity index (χ1v) is 23.8. The van der Waals surface area contributed by atoms with Gasteiger partial charge in [0.25, 0.3) is 17.7 Å². The number of imide groups is 2. The number of anilines is 2. The van der Waals surface area contributed by atoms with Crippen LogP contribution in [0, 0.1) is 24.7 Å². The Balaban J connectivity index is 0.609. The molecule has 1 unspecified atom stereocenters. The summed E-state index contributed by atoms with van der Waals surface area (Å²) in [4.78, 5) is 90.2. The molecule has 1 atom stereocenters. The summed E-state index contributed by atoms with van der Waals surface area (Å²) >= 11 is 0. The van der Waals surface area contributed by atoms with Gasteiger partial charge in [-0.2, -0.15) is 0 Å². The van der Waals surface area contributed by atoms with Crippen molar-refractivity contribution in [1.29, 1.82) is 0 Å². The van der Waals surface area contributed by atoms with Gasteiger partial charge in [-0.25, -0.2) is 19.9 Å². The third-order valence-electron chi connectivity index (χ3n) is 15.0. The molecule has 5 aliphatic heterocycles. The van der Waals surface area contributed by atoms with E-state index < -0.39 is 23.8 Å². The number of pyridine rings is 1. The fourth-order valence-corrected chi connectivity index (χ4v) is 11.1. The first kappa shape index (κ1) is 43.1. The molecule has 65 heavy (non-hydrogen) atoms. The Kier molecular flexibility index (Phi) is 12.3. The van der Waals surface area contributed by atoms with E-state index >= 15 is 0 Å². The molecule has 6 aliphatic rings. The number of aryl methyl sites for hydroxylation is 1. The minimum absolute atomic E-state index is 0.0992. The Hall–Kier alpha value is -5.81. The maximum atomic E-state index is 13.4. The molecule has 342 valence electrons. The fourth-order valence-electron chi connectivity index (χ4n) is 11.1. The van der Waals surface area contributed by atoms with Crippen molar-refractivity contribution >= 4 is 52.2 Å². The van der Waals surface area contributed by atoms with Gasteiger partial charge in [0.05, 0.1) is 17.5 Å². The number of rotatable bonds is 13. The second-order valence-corrected chi connectivity index (χ2v) is 19.3. The number of aromatic nitrogens is 5. The summed E-state index contributed by atoms with van der Waals surface area (Å²) in [6.07, 6.45) is 13.6. The van der Waals surface area contributed by atoms with Crippen LogP contribution in [-0.2, 0) is 9.59 Å². The lowest BCUT2D eigenvalue weighted by Crippen LogP contribution is -2.54. The molecule has 1 saturated carbocycles. The third kappa shape index (κ3) is 9.22. The molecule has 17 heteroatoms. The van der Waals surface area contributed by atoms with Crippen LogP contribution in [0.4, 0.5) is 11.5 Å². The predicted molar refractivity (Wildman–Crippen MR) is 243 cm³/mol. The van der Waals surface area contributed by atoms with E-state index in [4.69, 9.17) is 4.98 Å². The Labute approximate surface area is 379 Å². The number of fused-ring (bicyclic) bond motifs is 2. The lowest BCUT2D eigenvalue weighted by molar-refractivity contribution is -0.136. The SMILES string of the molecule is Cc1cccc(C(=O)NC2CC(n3cnc4c(NCCC5CCN(CC6CCN(CC7CCN(c8ccc9c(c8)C(=O)N(C8CCC(=O)NC8=O)C9=O)CC7)CC6)CC5)ncnc43)C2)n1. The first-order chi connectivity index (χ1) is 31.6. The number of benzene rings is 1. The minimum atomic E-state index is -0.952. The third-order valence-corrected chi connectivity index (χ3v) is 15.0. The normalized spacial score (nSPS) is 24.0. The Bertz CT molecular complexity index is 2440. The molecule has 5 amide bonds. The number of likely N-dealkylation sites (tertiary alicyclic amines) is 2. The van der Waals surface area contributed by atoms with Crippen molar-refractivity contribution in [3.63, 3.8) is 0 Å². The quantitative estimate of drug-likeness (QED) is 0.162. The molecule has 1 aliphatic carbocycles. The van der Waals surface area contributed by atoms with Crippen molar-refractivity contribution in [3.8, 4) is 0 Å². The molecule has 17 nitrogen and oxygen atoms in total. The molecule has 0 radical (unpaired) electrons. The molecule has 0 bridgehead atoms. The Morgan fingerprint density at radius 3 is 2.18 bits per heavy atom. The molecular weight excluding hydrogens is 825 g/mol. The maximum absolute atomic E-state index is 13.4. The number of amides is 5. The molecule has 3 aromatic heterocycles. The van der Waals surface area contributed by atoms with Gasteiger partial charge in [-0.3, -0.25) is 34.2 Å². The van der Waals surface area contributed by atoms with E-state index in [0.717, 1.165) is 111 Å². The molecule has 5 fully saturated rings. The van der Waals surface area contributed by atoms with Gasteiger partial charge in [-0.1, -0.05) is 6.07 Å². The Morgan fingerprint density at radius 1 is 0.785 bits per heavy atom. The van der Waals surface area contributed by atoms with Gasteiger partial charge in [0, 0.05) is 62.6 Å². The van der Waals surface area contributed by atoms with E-state index in [1.54, 1.807) is 18.5 Å². The second-order valence-electron chi connectivity index (χ2n) is 19.3. The summed E-state index contributed by atoms with van der Waals surface area (Å²) in [6, 6.07) is 10.3. The van der Waals surface area contributed by atoms with Gasteiger partial charge in [0.2, 0.25) is 11.8 Å². The molecule has 0 spiro atoms. The highest BCUT2D eigenvalue weighted by molar-refractivity contribution is 6.23.